The number of benzene rings is 10. The summed E-state index contributed by atoms with van der Waals surface area (Å²) in [6.07, 6.45) is 0. The van der Waals surface area contributed by atoms with Crippen LogP contribution in [0, 0.1) is 0 Å². The average molecular weight is 681 g/mol. The molecule has 0 heteroatoms. The molecule has 0 aliphatic heterocycles. The van der Waals surface area contributed by atoms with E-state index in [1.54, 1.807) is 0 Å². The van der Waals surface area contributed by atoms with E-state index >= 15 is 0 Å². The zero-order valence-electron chi connectivity index (χ0n) is 29.5. The van der Waals surface area contributed by atoms with Crippen LogP contribution in [0.4, 0.5) is 0 Å². The van der Waals surface area contributed by atoms with Crippen LogP contribution in [0.1, 0.15) is 0 Å². The molecule has 12 aromatic carbocycles. The molecule has 54 heavy (non-hydrogen) atoms. The molecule has 0 aliphatic rings. The second kappa shape index (κ2) is 11.2. The predicted octanol–water partition coefficient (Wildman–Crippen LogP) is 15.3. The first-order valence-corrected chi connectivity index (χ1v) is 18.9. The molecule has 0 aromatic heterocycles. The minimum atomic E-state index is 1.24. The summed E-state index contributed by atoms with van der Waals surface area (Å²) in [6, 6.07) is 72.1. The van der Waals surface area contributed by atoms with Gasteiger partial charge >= 0.3 is 0 Å². The van der Waals surface area contributed by atoms with Gasteiger partial charge in [-0.25, -0.2) is 0 Å². The summed E-state index contributed by atoms with van der Waals surface area (Å²) < 4.78 is 0. The topological polar surface area (TPSA) is 0 Å². The van der Waals surface area contributed by atoms with Gasteiger partial charge in [0.1, 0.15) is 0 Å². The van der Waals surface area contributed by atoms with Gasteiger partial charge in [-0.15, -0.1) is 0 Å². The summed E-state index contributed by atoms with van der Waals surface area (Å²) in [5.41, 5.74) is 10.1. The van der Waals surface area contributed by atoms with E-state index in [4.69, 9.17) is 0 Å². The van der Waals surface area contributed by atoms with Crippen LogP contribution in [0.5, 0.6) is 0 Å². The van der Waals surface area contributed by atoms with Crippen molar-refractivity contribution in [2.24, 2.45) is 0 Å². The Morgan fingerprint density at radius 1 is 0.185 bits per heavy atom. The molecule has 0 heterocycles. The largest absolute Gasteiger partial charge is 0.0622 e. The summed E-state index contributed by atoms with van der Waals surface area (Å²) >= 11 is 0. The van der Waals surface area contributed by atoms with Gasteiger partial charge in [0, 0.05) is 0 Å². The quantitative estimate of drug-likeness (QED) is 0.162. The van der Waals surface area contributed by atoms with Gasteiger partial charge in [-0.1, -0.05) is 182 Å². The van der Waals surface area contributed by atoms with E-state index in [2.05, 4.69) is 194 Å². The molecule has 0 fully saturated rings. The van der Waals surface area contributed by atoms with E-state index in [9.17, 15) is 0 Å². The van der Waals surface area contributed by atoms with Crippen molar-refractivity contribution in [3.8, 4) is 44.5 Å². The minimum Gasteiger partial charge on any atom is -0.0622 e. The zero-order chi connectivity index (χ0) is 35.3. The molecule has 0 N–H and O–H groups in total. The highest BCUT2D eigenvalue weighted by molar-refractivity contribution is 6.45. The molecule has 0 unspecified atom stereocenters. The van der Waals surface area contributed by atoms with E-state index < -0.39 is 0 Å². The fraction of sp³-hybridized carbons (Fsp3) is 0. The third kappa shape index (κ3) is 4.03. The average Bonchev–Trinajstić information content (AvgIpc) is 3.75. The molecule has 0 amide bonds. The van der Waals surface area contributed by atoms with Crippen molar-refractivity contribution < 1.29 is 0 Å². The molecule has 12 aromatic rings. The first-order chi connectivity index (χ1) is 26.8. The summed E-state index contributed by atoms with van der Waals surface area (Å²) in [4.78, 5) is 0. The summed E-state index contributed by atoms with van der Waals surface area (Å²) in [6.45, 7) is 0. The highest BCUT2D eigenvalue weighted by Crippen LogP contribution is 2.55. The molecule has 248 valence electrons. The maximum Gasteiger partial charge on any atom is -0.000719 e. The summed E-state index contributed by atoms with van der Waals surface area (Å²) in [5, 5.41) is 18.5. The number of hydrogen-bond acceptors (Lipinski definition) is 0. The van der Waals surface area contributed by atoms with Gasteiger partial charge < -0.3 is 0 Å². The maximum absolute atomic E-state index is 2.54. The molecule has 0 spiro atoms. The van der Waals surface area contributed by atoms with Crippen molar-refractivity contribution in [3.05, 3.63) is 194 Å². The molecular formula is C54H32. The lowest BCUT2D eigenvalue weighted by molar-refractivity contribution is 1.66. The zero-order valence-corrected chi connectivity index (χ0v) is 29.5. The van der Waals surface area contributed by atoms with Crippen LogP contribution in [0.25, 0.3) is 120 Å². The Balaban J connectivity index is 1.35. The van der Waals surface area contributed by atoms with Gasteiger partial charge in [-0.05, 0) is 132 Å². The monoisotopic (exact) mass is 680 g/mol. The lowest BCUT2D eigenvalue weighted by atomic mass is 9.84. The van der Waals surface area contributed by atoms with Gasteiger partial charge in [0.05, 0.1) is 0 Å². The van der Waals surface area contributed by atoms with E-state index in [0.717, 1.165) is 0 Å². The molecule has 0 saturated heterocycles. The van der Waals surface area contributed by atoms with Gasteiger partial charge in [0.15, 0.2) is 0 Å². The standard InChI is InChI=1S/C54H32/c1-5-15-33(16-6-1)37-27-28-39-41-24-14-25-42-51(41)46(45(39)31-37)32-47-48(35-19-9-3-10-20-35)53-43-26-13-23-40-38(34-17-7-2-8-18-34)29-30-44(50(40)43)54(53)49(52(42)47)36-21-11-4-12-22-36/h1-32H. The van der Waals surface area contributed by atoms with Crippen LogP contribution in [-0.2, 0) is 0 Å². The van der Waals surface area contributed by atoms with Crippen LogP contribution in [-0.4, -0.2) is 0 Å². The lowest BCUT2D eigenvalue weighted by Gasteiger charge is -2.19. The van der Waals surface area contributed by atoms with Gasteiger partial charge in [0.25, 0.3) is 0 Å². The van der Waals surface area contributed by atoms with Crippen molar-refractivity contribution in [2.45, 2.75) is 0 Å². The molecule has 0 saturated carbocycles. The fourth-order valence-electron chi connectivity index (χ4n) is 9.74. The molecule has 0 atom stereocenters. The van der Waals surface area contributed by atoms with Crippen LogP contribution >= 0.6 is 0 Å². The molecule has 0 nitrogen and oxygen atoms in total. The van der Waals surface area contributed by atoms with Crippen molar-refractivity contribution in [3.63, 3.8) is 0 Å². The van der Waals surface area contributed by atoms with Crippen molar-refractivity contribution in [1.82, 2.24) is 0 Å². The smallest absolute Gasteiger partial charge is 0.000719 e. The highest BCUT2D eigenvalue weighted by atomic mass is 14.3. The first kappa shape index (κ1) is 29.5. The van der Waals surface area contributed by atoms with E-state index in [-0.39, 0.29) is 0 Å². The lowest BCUT2D eigenvalue weighted by Crippen LogP contribution is -1.91. The minimum absolute atomic E-state index is 1.24. The maximum atomic E-state index is 2.54. The van der Waals surface area contributed by atoms with Gasteiger partial charge in [-0.2, -0.15) is 0 Å². The van der Waals surface area contributed by atoms with E-state index in [1.165, 1.54) is 120 Å². The van der Waals surface area contributed by atoms with Crippen LogP contribution < -0.4 is 0 Å². The van der Waals surface area contributed by atoms with Crippen molar-refractivity contribution in [2.75, 3.05) is 0 Å². The second-order valence-electron chi connectivity index (χ2n) is 14.7. The van der Waals surface area contributed by atoms with Crippen molar-refractivity contribution >= 4 is 75.4 Å². The number of fused-ring (bicyclic) bond motifs is 8. The van der Waals surface area contributed by atoms with Crippen LogP contribution in [0.15, 0.2) is 194 Å². The Kier molecular flexibility index (Phi) is 6.15. The third-order valence-corrected chi connectivity index (χ3v) is 11.9. The molecule has 0 radical (unpaired) electrons. The second-order valence-corrected chi connectivity index (χ2v) is 14.7. The highest BCUT2D eigenvalue weighted by Gasteiger charge is 2.27. The molecular weight excluding hydrogens is 649 g/mol. The first-order valence-electron chi connectivity index (χ1n) is 18.9. The van der Waals surface area contributed by atoms with E-state index in [0.29, 0.717) is 0 Å². The fourth-order valence-corrected chi connectivity index (χ4v) is 9.74. The van der Waals surface area contributed by atoms with Gasteiger partial charge in [0.2, 0.25) is 0 Å². The van der Waals surface area contributed by atoms with Crippen LogP contribution in [0.3, 0.4) is 0 Å². The summed E-state index contributed by atoms with van der Waals surface area (Å²) in [7, 11) is 0. The normalized spacial score (nSPS) is 12.1. The predicted molar refractivity (Wildman–Crippen MR) is 233 cm³/mol. The Morgan fingerprint density at radius 3 is 1.37 bits per heavy atom. The van der Waals surface area contributed by atoms with Crippen LogP contribution in [0.2, 0.25) is 0 Å². The van der Waals surface area contributed by atoms with Gasteiger partial charge in [-0.3, -0.25) is 0 Å². The third-order valence-electron chi connectivity index (χ3n) is 11.9. The molecule has 12 rings (SSSR count). The van der Waals surface area contributed by atoms with E-state index in [1.807, 2.05) is 0 Å². The Bertz CT molecular complexity index is 3380. The SMILES string of the molecule is c1ccc(-c2ccc3c(c2)c2cc4c(-c5ccccc5)c5c6cccc7c(-c8ccccc8)ccc(c5c(-c5ccccc5)c4c4cccc3c24)c76)cc1. The number of hydrogen-bond donors (Lipinski definition) is 0. The number of rotatable bonds is 4. The Morgan fingerprint density at radius 2 is 0.685 bits per heavy atom. The molecule has 0 aliphatic carbocycles. The Hall–Kier alpha value is -7.02. The summed E-state index contributed by atoms with van der Waals surface area (Å²) in [5.74, 6) is 0. The Labute approximate surface area is 312 Å². The van der Waals surface area contributed by atoms with Crippen molar-refractivity contribution in [1.29, 1.82) is 0 Å². The molecule has 0 bridgehead atoms.